The molecule has 0 radical (unpaired) electrons. The number of halogens is 1. The number of carbonyl (C=O) groups is 1. The predicted molar refractivity (Wildman–Crippen MR) is 88.5 cm³/mol. The zero-order valence-corrected chi connectivity index (χ0v) is 15.6. The summed E-state index contributed by atoms with van der Waals surface area (Å²) in [6.45, 7) is 3.40. The fourth-order valence-electron chi connectivity index (χ4n) is 3.12. The molecule has 2 rings (SSSR count). The molecule has 0 spiro atoms. The molecule has 1 fully saturated rings. The maximum Gasteiger partial charge on any atom is 0.252 e. The van der Waals surface area contributed by atoms with Gasteiger partial charge in [-0.1, -0.05) is 13.3 Å². The number of sulfone groups is 2. The highest BCUT2D eigenvalue weighted by atomic mass is 35.5. The predicted octanol–water partition coefficient (Wildman–Crippen LogP) is 2.74. The summed E-state index contributed by atoms with van der Waals surface area (Å²) in [6, 6.07) is 2.33. The number of hydrogen-bond acceptors (Lipinski definition) is 5. The summed E-state index contributed by atoms with van der Waals surface area (Å²) in [5.74, 6) is -0.0259. The van der Waals surface area contributed by atoms with Gasteiger partial charge < -0.3 is 0 Å². The summed E-state index contributed by atoms with van der Waals surface area (Å²) >= 11 is 5.46. The lowest BCUT2D eigenvalue weighted by Crippen LogP contribution is -2.25. The van der Waals surface area contributed by atoms with Gasteiger partial charge in [0.25, 0.3) is 5.24 Å². The van der Waals surface area contributed by atoms with Crippen molar-refractivity contribution < 1.29 is 21.6 Å². The van der Waals surface area contributed by atoms with Crippen molar-refractivity contribution in [1.82, 2.24) is 0 Å². The van der Waals surface area contributed by atoms with Gasteiger partial charge in [-0.25, -0.2) is 16.8 Å². The van der Waals surface area contributed by atoms with Crippen LogP contribution < -0.4 is 0 Å². The average molecular weight is 379 g/mol. The van der Waals surface area contributed by atoms with Crippen molar-refractivity contribution in [2.75, 3.05) is 6.26 Å². The number of aryl methyl sites for hydroxylation is 1. The highest BCUT2D eigenvalue weighted by Gasteiger charge is 2.38. The summed E-state index contributed by atoms with van der Waals surface area (Å²) in [4.78, 5) is 10.9. The van der Waals surface area contributed by atoms with Crippen molar-refractivity contribution in [3.63, 3.8) is 0 Å². The zero-order valence-electron chi connectivity index (χ0n) is 13.2. The van der Waals surface area contributed by atoms with Crippen LogP contribution >= 0.6 is 11.6 Å². The monoisotopic (exact) mass is 378 g/mol. The number of hydrogen-bond donors (Lipinski definition) is 0. The topological polar surface area (TPSA) is 85.3 Å². The molecule has 1 saturated carbocycles. The first-order chi connectivity index (χ1) is 10.5. The van der Waals surface area contributed by atoms with E-state index in [0.717, 1.165) is 25.2 Å². The van der Waals surface area contributed by atoms with E-state index in [-0.39, 0.29) is 21.3 Å². The molecule has 1 aromatic carbocycles. The molecule has 2 unspecified atom stereocenters. The Kier molecular flexibility index (Phi) is 4.95. The van der Waals surface area contributed by atoms with E-state index in [1.165, 1.54) is 6.07 Å². The summed E-state index contributed by atoms with van der Waals surface area (Å²) in [7, 11) is -7.63. The van der Waals surface area contributed by atoms with E-state index < -0.39 is 30.2 Å². The fourth-order valence-corrected chi connectivity index (χ4v) is 7.11. The highest BCUT2D eigenvalue weighted by molar-refractivity contribution is 7.94. The summed E-state index contributed by atoms with van der Waals surface area (Å²) in [5.41, 5.74) is 0.354. The minimum atomic E-state index is -3.83. The first-order valence-corrected chi connectivity index (χ1v) is 11.1. The van der Waals surface area contributed by atoms with Gasteiger partial charge in [-0.15, -0.1) is 0 Å². The van der Waals surface area contributed by atoms with Crippen LogP contribution in [-0.4, -0.2) is 33.6 Å². The standard InChI is InChI=1S/C15H19ClO5S2/c1-9-5-4-6-12(9)23(20,21)14-7-10(2)11(15(16)17)8-13(14)22(3,18)19/h7-9,12H,4-6H2,1-3H3. The van der Waals surface area contributed by atoms with Gasteiger partial charge in [0.1, 0.15) is 0 Å². The lowest BCUT2D eigenvalue weighted by molar-refractivity contribution is 0.108. The van der Waals surface area contributed by atoms with Gasteiger partial charge >= 0.3 is 0 Å². The summed E-state index contributed by atoms with van der Waals surface area (Å²) in [6.07, 6.45) is 3.05. The second kappa shape index (κ2) is 6.18. The molecule has 0 bridgehead atoms. The third-order valence-electron chi connectivity index (χ3n) is 4.39. The largest absolute Gasteiger partial charge is 0.276 e. The Morgan fingerprint density at radius 3 is 2.17 bits per heavy atom. The molecule has 5 nitrogen and oxygen atoms in total. The quantitative estimate of drug-likeness (QED) is 0.752. The van der Waals surface area contributed by atoms with Gasteiger partial charge in [0, 0.05) is 11.8 Å². The Hall–Kier alpha value is -0.920. The van der Waals surface area contributed by atoms with Crippen molar-refractivity contribution in [2.24, 2.45) is 5.92 Å². The highest BCUT2D eigenvalue weighted by Crippen LogP contribution is 2.37. The Balaban J connectivity index is 2.76. The molecule has 128 valence electrons. The third-order valence-corrected chi connectivity index (χ3v) is 8.31. The molecule has 0 aliphatic heterocycles. The van der Waals surface area contributed by atoms with Crippen LogP contribution in [0.3, 0.4) is 0 Å². The summed E-state index contributed by atoms with van der Waals surface area (Å²) in [5, 5.41) is -1.41. The van der Waals surface area contributed by atoms with Gasteiger partial charge in [-0.3, -0.25) is 4.79 Å². The molecule has 8 heteroatoms. The maximum absolute atomic E-state index is 13.0. The van der Waals surface area contributed by atoms with Gasteiger partial charge in [0.05, 0.1) is 15.0 Å². The van der Waals surface area contributed by atoms with Crippen molar-refractivity contribution in [1.29, 1.82) is 0 Å². The molecule has 1 aromatic rings. The Morgan fingerprint density at radius 2 is 1.74 bits per heavy atom. The van der Waals surface area contributed by atoms with Gasteiger partial charge in [0.2, 0.25) is 0 Å². The Morgan fingerprint density at radius 1 is 1.13 bits per heavy atom. The molecular weight excluding hydrogens is 360 g/mol. The molecule has 23 heavy (non-hydrogen) atoms. The molecule has 0 amide bonds. The van der Waals surface area contributed by atoms with E-state index in [4.69, 9.17) is 11.6 Å². The Bertz CT molecular complexity index is 856. The van der Waals surface area contributed by atoms with E-state index in [1.807, 2.05) is 6.92 Å². The molecule has 0 heterocycles. The smallest absolute Gasteiger partial charge is 0.252 e. The SMILES string of the molecule is Cc1cc(S(=O)(=O)C2CCCC2C)c(S(C)(=O)=O)cc1C(=O)Cl. The van der Waals surface area contributed by atoms with Crippen LogP contribution in [0.15, 0.2) is 21.9 Å². The van der Waals surface area contributed by atoms with Crippen molar-refractivity contribution in [3.05, 3.63) is 23.3 Å². The zero-order chi connectivity index (χ0) is 17.6. The first kappa shape index (κ1) is 18.4. The molecule has 0 N–H and O–H groups in total. The minimum absolute atomic E-state index is 0.00510. The number of rotatable bonds is 4. The van der Waals surface area contributed by atoms with Crippen molar-refractivity contribution >= 4 is 36.5 Å². The number of benzene rings is 1. The van der Waals surface area contributed by atoms with Gasteiger partial charge in [0.15, 0.2) is 19.7 Å². The third kappa shape index (κ3) is 3.46. The first-order valence-electron chi connectivity index (χ1n) is 7.24. The average Bonchev–Trinajstić information content (AvgIpc) is 2.83. The lowest BCUT2D eigenvalue weighted by atomic mass is 10.1. The van der Waals surface area contributed by atoms with Crippen LogP contribution in [0, 0.1) is 12.8 Å². The molecule has 2 atom stereocenters. The minimum Gasteiger partial charge on any atom is -0.276 e. The van der Waals surface area contributed by atoms with Crippen LogP contribution in [0.2, 0.25) is 0 Å². The van der Waals surface area contributed by atoms with Crippen LogP contribution in [0.5, 0.6) is 0 Å². The van der Waals surface area contributed by atoms with E-state index in [2.05, 4.69) is 0 Å². The van der Waals surface area contributed by atoms with Crippen LogP contribution in [0.25, 0.3) is 0 Å². The summed E-state index contributed by atoms with van der Waals surface area (Å²) < 4.78 is 50.1. The maximum atomic E-state index is 13.0. The van der Waals surface area contributed by atoms with E-state index >= 15 is 0 Å². The van der Waals surface area contributed by atoms with Crippen LogP contribution in [0.1, 0.15) is 42.1 Å². The molecular formula is C15H19ClO5S2. The molecule has 0 aromatic heterocycles. The van der Waals surface area contributed by atoms with Crippen LogP contribution in [-0.2, 0) is 19.7 Å². The normalized spacial score (nSPS) is 22.3. The second-order valence-corrected chi connectivity index (χ2v) is 10.6. The van der Waals surface area contributed by atoms with E-state index in [0.29, 0.717) is 12.0 Å². The van der Waals surface area contributed by atoms with E-state index in [1.54, 1.807) is 6.92 Å². The van der Waals surface area contributed by atoms with Gasteiger partial charge in [-0.2, -0.15) is 0 Å². The Labute approximate surface area is 141 Å². The van der Waals surface area contributed by atoms with Crippen LogP contribution in [0.4, 0.5) is 0 Å². The number of carbonyl (C=O) groups excluding carboxylic acids is 1. The fraction of sp³-hybridized carbons (Fsp3) is 0.533. The van der Waals surface area contributed by atoms with Crippen molar-refractivity contribution in [3.8, 4) is 0 Å². The molecule has 1 aliphatic rings. The molecule has 1 aliphatic carbocycles. The lowest BCUT2D eigenvalue weighted by Gasteiger charge is -2.19. The van der Waals surface area contributed by atoms with Crippen molar-refractivity contribution in [2.45, 2.75) is 48.2 Å². The van der Waals surface area contributed by atoms with Gasteiger partial charge in [-0.05, 0) is 55.0 Å². The van der Waals surface area contributed by atoms with E-state index in [9.17, 15) is 21.6 Å². The molecule has 0 saturated heterocycles. The second-order valence-electron chi connectivity index (χ2n) is 6.15.